The highest BCUT2D eigenvalue weighted by atomic mass is 35.5. The fraction of sp³-hybridized carbons (Fsp3) is 0.429. The number of anilines is 1. The maximum Gasteiger partial charge on any atom is 0.328 e. The number of rotatable bonds is 8. The molecule has 2 aromatic carbocycles. The van der Waals surface area contributed by atoms with Crippen LogP contribution < -0.4 is 16.0 Å². The molecule has 0 aromatic heterocycles. The molecular weight excluding hydrogens is 529 g/mol. The average Bonchev–Trinajstić information content (AvgIpc) is 3.33. The molecule has 10 heteroatoms. The smallest absolute Gasteiger partial charge is 0.328 e. The number of nitrogens with one attached hydrogen (secondary N) is 3. The third-order valence-electron chi connectivity index (χ3n) is 6.56. The van der Waals surface area contributed by atoms with Gasteiger partial charge < -0.3 is 20.7 Å². The van der Waals surface area contributed by atoms with Crippen LogP contribution in [0.1, 0.15) is 62.4 Å². The van der Waals surface area contributed by atoms with Gasteiger partial charge in [-0.2, -0.15) is 0 Å². The van der Waals surface area contributed by atoms with Crippen LogP contribution in [0.4, 0.5) is 5.69 Å². The number of ether oxygens (including phenoxy) is 1. The fourth-order valence-corrected chi connectivity index (χ4v) is 4.86. The molecule has 0 unspecified atom stereocenters. The Morgan fingerprint density at radius 1 is 0.974 bits per heavy atom. The SMILES string of the molecule is COC(=O)[C@H](Cc1ccc(NC(=O)c2c(Cl)cccc2Cl)cc1)NC(=O)C1(NC(=O)C(C)(C)C)CCCC1. The second-order valence-electron chi connectivity index (χ2n) is 10.5. The number of carbonyl (C=O) groups excluding carboxylic acids is 4. The molecule has 0 aliphatic heterocycles. The highest BCUT2D eigenvalue weighted by Crippen LogP contribution is 2.32. The van der Waals surface area contributed by atoms with Gasteiger partial charge in [0.1, 0.15) is 11.6 Å². The number of halogens is 2. The molecule has 1 saturated carbocycles. The van der Waals surface area contributed by atoms with E-state index in [1.807, 2.05) is 0 Å². The van der Waals surface area contributed by atoms with E-state index < -0.39 is 34.8 Å². The zero-order chi connectivity index (χ0) is 28.1. The molecule has 38 heavy (non-hydrogen) atoms. The highest BCUT2D eigenvalue weighted by molar-refractivity contribution is 6.40. The first-order chi connectivity index (χ1) is 17.9. The first kappa shape index (κ1) is 29.5. The van der Waals surface area contributed by atoms with Crippen molar-refractivity contribution in [2.24, 2.45) is 5.41 Å². The summed E-state index contributed by atoms with van der Waals surface area (Å²) in [5.41, 5.74) is -0.318. The Morgan fingerprint density at radius 2 is 1.55 bits per heavy atom. The first-order valence-electron chi connectivity index (χ1n) is 12.4. The van der Waals surface area contributed by atoms with Crippen molar-refractivity contribution in [1.29, 1.82) is 0 Å². The van der Waals surface area contributed by atoms with Crippen molar-refractivity contribution in [3.63, 3.8) is 0 Å². The minimum Gasteiger partial charge on any atom is -0.467 e. The number of hydrogen-bond acceptors (Lipinski definition) is 5. The lowest BCUT2D eigenvalue weighted by Gasteiger charge is -2.33. The topological polar surface area (TPSA) is 114 Å². The molecule has 0 bridgehead atoms. The van der Waals surface area contributed by atoms with Crippen molar-refractivity contribution in [2.45, 2.75) is 64.5 Å². The Kier molecular flexibility index (Phi) is 9.44. The summed E-state index contributed by atoms with van der Waals surface area (Å²) in [4.78, 5) is 51.3. The van der Waals surface area contributed by atoms with E-state index >= 15 is 0 Å². The second kappa shape index (κ2) is 12.2. The number of carbonyl (C=O) groups is 4. The Morgan fingerprint density at radius 3 is 2.08 bits per heavy atom. The molecule has 1 atom stereocenters. The molecule has 0 spiro atoms. The molecule has 204 valence electrons. The predicted molar refractivity (Wildman–Crippen MR) is 147 cm³/mol. The van der Waals surface area contributed by atoms with Gasteiger partial charge in [0.25, 0.3) is 5.91 Å². The van der Waals surface area contributed by atoms with Gasteiger partial charge in [-0.25, -0.2) is 4.79 Å². The van der Waals surface area contributed by atoms with Crippen LogP contribution in [0.15, 0.2) is 42.5 Å². The highest BCUT2D eigenvalue weighted by Gasteiger charge is 2.45. The van der Waals surface area contributed by atoms with E-state index in [4.69, 9.17) is 27.9 Å². The molecule has 3 rings (SSSR count). The number of hydrogen-bond donors (Lipinski definition) is 3. The van der Waals surface area contributed by atoms with Crippen LogP contribution in [-0.2, 0) is 25.5 Å². The lowest BCUT2D eigenvalue weighted by molar-refractivity contribution is -0.146. The van der Waals surface area contributed by atoms with E-state index in [-0.39, 0.29) is 27.9 Å². The van der Waals surface area contributed by atoms with Gasteiger partial charge >= 0.3 is 5.97 Å². The lowest BCUT2D eigenvalue weighted by atomic mass is 9.90. The standard InChI is InChI=1S/C28H33Cl2N3O5/c1-27(2,3)25(36)33-28(14-5-6-15-28)26(37)32-21(24(35)38-4)16-17-10-12-18(13-11-17)31-23(34)22-19(29)8-7-9-20(22)30/h7-13,21H,5-6,14-16H2,1-4H3,(H,31,34)(H,32,37)(H,33,36)/t21-/m0/s1. The van der Waals surface area contributed by atoms with Gasteiger partial charge in [0.05, 0.1) is 22.7 Å². The molecule has 1 aliphatic rings. The van der Waals surface area contributed by atoms with Crippen molar-refractivity contribution in [1.82, 2.24) is 10.6 Å². The van der Waals surface area contributed by atoms with Crippen LogP contribution in [-0.4, -0.2) is 42.4 Å². The third kappa shape index (κ3) is 7.05. The largest absolute Gasteiger partial charge is 0.467 e. The number of methoxy groups -OCH3 is 1. The molecule has 0 heterocycles. The van der Waals surface area contributed by atoms with Crippen LogP contribution in [0.5, 0.6) is 0 Å². The molecule has 8 nitrogen and oxygen atoms in total. The summed E-state index contributed by atoms with van der Waals surface area (Å²) >= 11 is 12.2. The second-order valence-corrected chi connectivity index (χ2v) is 11.3. The van der Waals surface area contributed by atoms with Gasteiger partial charge in [-0.3, -0.25) is 14.4 Å². The van der Waals surface area contributed by atoms with E-state index in [1.165, 1.54) is 7.11 Å². The summed E-state index contributed by atoms with van der Waals surface area (Å²) < 4.78 is 4.94. The Balaban J connectivity index is 1.72. The van der Waals surface area contributed by atoms with E-state index in [9.17, 15) is 19.2 Å². The van der Waals surface area contributed by atoms with Crippen molar-refractivity contribution in [3.8, 4) is 0 Å². The van der Waals surface area contributed by atoms with Crippen molar-refractivity contribution < 1.29 is 23.9 Å². The normalized spacial score (nSPS) is 15.3. The van der Waals surface area contributed by atoms with E-state index in [0.717, 1.165) is 18.4 Å². The molecule has 1 aliphatic carbocycles. The fourth-order valence-electron chi connectivity index (χ4n) is 4.29. The molecular formula is C28H33Cl2N3O5. The molecule has 1 fully saturated rings. The molecule has 0 radical (unpaired) electrons. The van der Waals surface area contributed by atoms with Crippen LogP contribution in [0.3, 0.4) is 0 Å². The maximum atomic E-state index is 13.4. The molecule has 3 amide bonds. The summed E-state index contributed by atoms with van der Waals surface area (Å²) in [5.74, 6) is -1.67. The molecule has 0 saturated heterocycles. The Bertz CT molecular complexity index is 1180. The molecule has 2 aromatic rings. The van der Waals surface area contributed by atoms with Gasteiger partial charge in [0, 0.05) is 17.5 Å². The summed E-state index contributed by atoms with van der Waals surface area (Å²) in [6.45, 7) is 5.36. The monoisotopic (exact) mass is 561 g/mol. The number of amides is 3. The first-order valence-corrected chi connectivity index (χ1v) is 13.2. The van der Waals surface area contributed by atoms with Crippen molar-refractivity contribution >= 4 is 52.6 Å². The van der Waals surface area contributed by atoms with Crippen molar-refractivity contribution in [2.75, 3.05) is 12.4 Å². The van der Waals surface area contributed by atoms with E-state index in [2.05, 4.69) is 16.0 Å². The van der Waals surface area contributed by atoms with Crippen LogP contribution in [0.25, 0.3) is 0 Å². The van der Waals surface area contributed by atoms with Gasteiger partial charge in [0.15, 0.2) is 0 Å². The maximum absolute atomic E-state index is 13.4. The number of esters is 1. The summed E-state index contributed by atoms with van der Waals surface area (Å²) in [5, 5.41) is 8.98. The summed E-state index contributed by atoms with van der Waals surface area (Å²) in [7, 11) is 1.26. The third-order valence-corrected chi connectivity index (χ3v) is 7.19. The van der Waals surface area contributed by atoms with Crippen LogP contribution in [0, 0.1) is 5.41 Å². The quantitative estimate of drug-likeness (QED) is 0.396. The van der Waals surface area contributed by atoms with Crippen LogP contribution >= 0.6 is 23.2 Å². The zero-order valence-corrected chi connectivity index (χ0v) is 23.5. The summed E-state index contributed by atoms with van der Waals surface area (Å²) in [6.07, 6.45) is 2.75. The van der Waals surface area contributed by atoms with Gasteiger partial charge in [-0.15, -0.1) is 0 Å². The van der Waals surface area contributed by atoms with E-state index in [1.54, 1.807) is 63.2 Å². The average molecular weight is 562 g/mol. The van der Waals surface area contributed by atoms with Crippen molar-refractivity contribution in [3.05, 3.63) is 63.6 Å². The Labute approximate surface area is 232 Å². The minimum absolute atomic E-state index is 0.159. The van der Waals surface area contributed by atoms with Gasteiger partial charge in [0.2, 0.25) is 11.8 Å². The minimum atomic E-state index is -1.06. The summed E-state index contributed by atoms with van der Waals surface area (Å²) in [6, 6.07) is 10.7. The Hall–Kier alpha value is -3.10. The predicted octanol–water partition coefficient (Wildman–Crippen LogP) is 4.92. The van der Waals surface area contributed by atoms with Gasteiger partial charge in [-0.1, -0.05) is 75.0 Å². The van der Waals surface area contributed by atoms with Crippen LogP contribution in [0.2, 0.25) is 10.0 Å². The lowest BCUT2D eigenvalue weighted by Crippen LogP contribution is -2.61. The van der Waals surface area contributed by atoms with E-state index in [0.29, 0.717) is 18.5 Å². The van der Waals surface area contributed by atoms with Gasteiger partial charge in [-0.05, 0) is 42.7 Å². The zero-order valence-electron chi connectivity index (χ0n) is 22.0. The molecule has 3 N–H and O–H groups in total. The number of benzene rings is 2.